The van der Waals surface area contributed by atoms with Crippen LogP contribution in [0.5, 0.6) is 5.75 Å². The van der Waals surface area contributed by atoms with Crippen molar-refractivity contribution < 1.29 is 9.53 Å². The Bertz CT molecular complexity index is 663. The number of carbonyl (C=O) groups excluding carboxylic acids is 1. The van der Waals surface area contributed by atoms with Gasteiger partial charge in [-0.25, -0.2) is 0 Å². The number of benzene rings is 2. The lowest BCUT2D eigenvalue weighted by Crippen LogP contribution is -2.34. The number of rotatable bonds is 4. The number of ether oxygens (including phenoxy) is 1. The monoisotopic (exact) mass is 301 g/mol. The van der Waals surface area contributed by atoms with Crippen molar-refractivity contribution in [3.63, 3.8) is 0 Å². The molecule has 0 radical (unpaired) electrons. The van der Waals surface area contributed by atoms with Gasteiger partial charge in [0.15, 0.2) is 0 Å². The molecule has 1 fully saturated rings. The summed E-state index contributed by atoms with van der Waals surface area (Å²) in [5.41, 5.74) is 1.46. The zero-order chi connectivity index (χ0) is 14.9. The van der Waals surface area contributed by atoms with E-state index < -0.39 is 0 Å². The number of nitrogens with one attached hydrogen (secondary N) is 1. The van der Waals surface area contributed by atoms with Gasteiger partial charge in [0.1, 0.15) is 5.75 Å². The van der Waals surface area contributed by atoms with Gasteiger partial charge in [-0.15, -0.1) is 0 Å². The van der Waals surface area contributed by atoms with Gasteiger partial charge in [0, 0.05) is 10.6 Å². The lowest BCUT2D eigenvalue weighted by Gasteiger charge is -2.18. The molecule has 0 aliphatic heterocycles. The fourth-order valence-electron chi connectivity index (χ4n) is 2.43. The van der Waals surface area contributed by atoms with Crippen molar-refractivity contribution in [2.24, 2.45) is 0 Å². The van der Waals surface area contributed by atoms with Crippen LogP contribution < -0.4 is 10.1 Å². The number of halogens is 1. The molecule has 1 amide bonds. The van der Waals surface area contributed by atoms with Gasteiger partial charge in [0.05, 0.1) is 12.6 Å². The zero-order valence-electron chi connectivity index (χ0n) is 11.7. The van der Waals surface area contributed by atoms with Gasteiger partial charge in [0.2, 0.25) is 0 Å². The highest BCUT2D eigenvalue weighted by Gasteiger charge is 2.45. The molecule has 1 aliphatic rings. The van der Waals surface area contributed by atoms with Crippen molar-refractivity contribution in [2.45, 2.75) is 18.4 Å². The van der Waals surface area contributed by atoms with Crippen LogP contribution in [-0.4, -0.2) is 13.0 Å². The van der Waals surface area contributed by atoms with Gasteiger partial charge >= 0.3 is 0 Å². The van der Waals surface area contributed by atoms with E-state index in [0.717, 1.165) is 18.4 Å². The molecule has 4 heteroatoms. The maximum absolute atomic E-state index is 12.4. The van der Waals surface area contributed by atoms with Crippen LogP contribution in [0, 0.1) is 0 Å². The Kier molecular flexibility index (Phi) is 3.60. The fraction of sp³-hybridized carbons (Fsp3) is 0.235. The largest absolute Gasteiger partial charge is 0.497 e. The molecule has 3 nitrogen and oxygen atoms in total. The minimum absolute atomic E-state index is 0.0821. The van der Waals surface area contributed by atoms with E-state index in [1.807, 2.05) is 36.4 Å². The summed E-state index contributed by atoms with van der Waals surface area (Å²) in [5, 5.41) is 3.84. The first-order chi connectivity index (χ1) is 10.1. The lowest BCUT2D eigenvalue weighted by molar-refractivity contribution is 0.0930. The number of hydrogen-bond acceptors (Lipinski definition) is 2. The first kappa shape index (κ1) is 14.0. The van der Waals surface area contributed by atoms with E-state index in [4.69, 9.17) is 16.3 Å². The van der Waals surface area contributed by atoms with E-state index >= 15 is 0 Å². The first-order valence-corrected chi connectivity index (χ1v) is 7.23. The van der Waals surface area contributed by atoms with Crippen LogP contribution in [0.2, 0.25) is 5.02 Å². The summed E-state index contributed by atoms with van der Waals surface area (Å²) in [6.07, 6.45) is 1.90. The van der Waals surface area contributed by atoms with Gasteiger partial charge < -0.3 is 10.1 Å². The topological polar surface area (TPSA) is 38.3 Å². The second-order valence-electron chi connectivity index (χ2n) is 5.28. The molecule has 0 spiro atoms. The molecule has 2 aromatic rings. The Morgan fingerprint density at radius 2 is 1.90 bits per heavy atom. The average molecular weight is 302 g/mol. The molecular weight excluding hydrogens is 286 g/mol. The Balaban J connectivity index is 1.79. The number of carbonyl (C=O) groups is 1. The Morgan fingerprint density at radius 3 is 2.52 bits per heavy atom. The van der Waals surface area contributed by atoms with Crippen LogP contribution in [-0.2, 0) is 5.54 Å². The molecule has 0 heterocycles. The Hall–Kier alpha value is -2.00. The van der Waals surface area contributed by atoms with Crippen molar-refractivity contribution in [3.05, 3.63) is 64.7 Å². The predicted molar refractivity (Wildman–Crippen MR) is 82.8 cm³/mol. The van der Waals surface area contributed by atoms with E-state index in [1.165, 1.54) is 0 Å². The van der Waals surface area contributed by atoms with Crippen molar-refractivity contribution >= 4 is 17.5 Å². The summed E-state index contributed by atoms with van der Waals surface area (Å²) in [6.45, 7) is 0. The third-order valence-electron chi connectivity index (χ3n) is 3.83. The van der Waals surface area contributed by atoms with Crippen LogP contribution in [0.25, 0.3) is 0 Å². The van der Waals surface area contributed by atoms with Crippen LogP contribution in [0.15, 0.2) is 48.5 Å². The Labute approximate surface area is 128 Å². The maximum Gasteiger partial charge on any atom is 0.252 e. The normalized spacial score (nSPS) is 15.3. The zero-order valence-corrected chi connectivity index (χ0v) is 12.5. The minimum Gasteiger partial charge on any atom is -0.497 e. The van der Waals surface area contributed by atoms with Crippen molar-refractivity contribution in [2.75, 3.05) is 7.11 Å². The number of hydrogen-bond donors (Lipinski definition) is 1. The van der Waals surface area contributed by atoms with Gasteiger partial charge in [-0.1, -0.05) is 29.8 Å². The first-order valence-electron chi connectivity index (χ1n) is 6.86. The van der Waals surface area contributed by atoms with Crippen molar-refractivity contribution in [1.29, 1.82) is 0 Å². The summed E-state index contributed by atoms with van der Waals surface area (Å²) >= 11 is 5.92. The van der Waals surface area contributed by atoms with Crippen LogP contribution >= 0.6 is 11.6 Å². The molecule has 0 saturated heterocycles. The lowest BCUT2D eigenvalue weighted by atomic mass is 10.0. The molecule has 1 aliphatic carbocycles. The highest BCUT2D eigenvalue weighted by atomic mass is 35.5. The van der Waals surface area contributed by atoms with Gasteiger partial charge in [-0.3, -0.25) is 4.79 Å². The fourth-order valence-corrected chi connectivity index (χ4v) is 2.56. The molecule has 0 unspecified atom stereocenters. The molecule has 0 bridgehead atoms. The molecule has 3 rings (SSSR count). The summed E-state index contributed by atoms with van der Waals surface area (Å²) in [4.78, 5) is 12.4. The molecular formula is C17H16ClNO2. The second-order valence-corrected chi connectivity index (χ2v) is 5.71. The van der Waals surface area contributed by atoms with E-state index in [0.29, 0.717) is 16.3 Å². The molecule has 108 valence electrons. The van der Waals surface area contributed by atoms with Crippen molar-refractivity contribution in [1.82, 2.24) is 5.32 Å². The van der Waals surface area contributed by atoms with Gasteiger partial charge in [0.25, 0.3) is 5.91 Å². The summed E-state index contributed by atoms with van der Waals surface area (Å²) in [7, 11) is 1.59. The summed E-state index contributed by atoms with van der Waals surface area (Å²) in [6, 6.07) is 14.8. The SMILES string of the molecule is COc1cccc(C(=O)NC2(c3ccc(Cl)cc3)CC2)c1. The van der Waals surface area contributed by atoms with E-state index in [9.17, 15) is 4.79 Å². The molecule has 0 atom stereocenters. The molecule has 1 N–H and O–H groups in total. The highest BCUT2D eigenvalue weighted by Crippen LogP contribution is 2.45. The standard InChI is InChI=1S/C17H16ClNO2/c1-21-15-4-2-3-12(11-15)16(20)19-17(9-10-17)13-5-7-14(18)8-6-13/h2-8,11H,9-10H2,1H3,(H,19,20). The third kappa shape index (κ3) is 2.88. The quantitative estimate of drug-likeness (QED) is 0.933. The average Bonchev–Trinajstić information content (AvgIpc) is 3.28. The predicted octanol–water partition coefficient (Wildman–Crippen LogP) is 3.77. The third-order valence-corrected chi connectivity index (χ3v) is 4.08. The molecule has 1 saturated carbocycles. The van der Waals surface area contributed by atoms with Crippen LogP contribution in [0.3, 0.4) is 0 Å². The molecule has 0 aromatic heterocycles. The highest BCUT2D eigenvalue weighted by molar-refractivity contribution is 6.30. The van der Waals surface area contributed by atoms with Crippen LogP contribution in [0.1, 0.15) is 28.8 Å². The van der Waals surface area contributed by atoms with Gasteiger partial charge in [-0.2, -0.15) is 0 Å². The van der Waals surface area contributed by atoms with E-state index in [1.54, 1.807) is 19.2 Å². The smallest absolute Gasteiger partial charge is 0.252 e. The van der Waals surface area contributed by atoms with Crippen molar-refractivity contribution in [3.8, 4) is 5.75 Å². The second kappa shape index (κ2) is 5.41. The minimum atomic E-state index is -0.245. The number of methoxy groups -OCH3 is 1. The molecule has 2 aromatic carbocycles. The van der Waals surface area contributed by atoms with Crippen LogP contribution in [0.4, 0.5) is 0 Å². The maximum atomic E-state index is 12.4. The van der Waals surface area contributed by atoms with Gasteiger partial charge in [-0.05, 0) is 48.7 Å². The van der Waals surface area contributed by atoms with E-state index in [-0.39, 0.29) is 11.4 Å². The summed E-state index contributed by atoms with van der Waals surface area (Å²) in [5.74, 6) is 0.598. The number of amides is 1. The Morgan fingerprint density at radius 1 is 1.19 bits per heavy atom. The summed E-state index contributed by atoms with van der Waals surface area (Å²) < 4.78 is 5.15. The van der Waals surface area contributed by atoms with E-state index in [2.05, 4.69) is 5.32 Å². The molecule has 21 heavy (non-hydrogen) atoms.